The first kappa shape index (κ1) is 16.1. The van der Waals surface area contributed by atoms with Crippen LogP contribution in [0.4, 0.5) is 0 Å². The number of nitrogens with one attached hydrogen (secondary N) is 1. The topological polar surface area (TPSA) is 73.9 Å². The number of cyclic esters (lactones) is 1. The van der Waals surface area contributed by atoms with Gasteiger partial charge in [0.05, 0.1) is 26.6 Å². The van der Waals surface area contributed by atoms with E-state index in [1.54, 1.807) is 40.2 Å². The van der Waals surface area contributed by atoms with Gasteiger partial charge in [0.15, 0.2) is 11.5 Å². The largest absolute Gasteiger partial charge is 0.493 e. The van der Waals surface area contributed by atoms with Crippen LogP contribution in [0.15, 0.2) is 18.2 Å². The molecular formula is C16H21NO5. The zero-order chi connectivity index (χ0) is 16.3. The highest BCUT2D eigenvalue weighted by atomic mass is 16.6. The molecule has 1 amide bonds. The van der Waals surface area contributed by atoms with E-state index in [4.69, 9.17) is 14.2 Å². The number of benzene rings is 1. The van der Waals surface area contributed by atoms with Crippen LogP contribution in [-0.4, -0.2) is 31.7 Å². The summed E-state index contributed by atoms with van der Waals surface area (Å²) in [6, 6.07) is 5.44. The summed E-state index contributed by atoms with van der Waals surface area (Å²) in [5.41, 5.74) is 0.118. The molecule has 120 valence electrons. The summed E-state index contributed by atoms with van der Waals surface area (Å²) >= 11 is 0. The van der Waals surface area contributed by atoms with Crippen LogP contribution in [0.25, 0.3) is 0 Å². The van der Waals surface area contributed by atoms with Gasteiger partial charge in [-0.2, -0.15) is 0 Å². The molecule has 0 bridgehead atoms. The molecule has 1 aliphatic rings. The predicted octanol–water partition coefficient (Wildman–Crippen LogP) is 1.66. The second-order valence-electron chi connectivity index (χ2n) is 5.74. The van der Waals surface area contributed by atoms with Crippen LogP contribution >= 0.6 is 0 Å². The van der Waals surface area contributed by atoms with Gasteiger partial charge >= 0.3 is 5.97 Å². The van der Waals surface area contributed by atoms with E-state index in [0.29, 0.717) is 18.0 Å². The molecule has 1 aromatic carbocycles. The van der Waals surface area contributed by atoms with Gasteiger partial charge in [0.2, 0.25) is 5.91 Å². The van der Waals surface area contributed by atoms with Crippen molar-refractivity contribution in [3.8, 4) is 11.5 Å². The second-order valence-corrected chi connectivity index (χ2v) is 5.74. The standard InChI is InChI=1S/C16H21NO5/c1-16(2)11(8-14(18)22-16)15(19)17-9-10-5-6-12(20-3)13(7-10)21-4/h5-7,11H,8-9H2,1-4H3,(H,17,19)/t11-/m0/s1. The zero-order valence-electron chi connectivity index (χ0n) is 13.3. The van der Waals surface area contributed by atoms with Gasteiger partial charge in [0.1, 0.15) is 5.60 Å². The lowest BCUT2D eigenvalue weighted by atomic mass is 9.90. The Morgan fingerprint density at radius 3 is 2.55 bits per heavy atom. The van der Waals surface area contributed by atoms with Gasteiger partial charge < -0.3 is 19.5 Å². The fourth-order valence-electron chi connectivity index (χ4n) is 2.53. The van der Waals surface area contributed by atoms with Gasteiger partial charge in [-0.25, -0.2) is 0 Å². The van der Waals surface area contributed by atoms with Gasteiger partial charge in [-0.1, -0.05) is 6.07 Å². The fourth-order valence-corrected chi connectivity index (χ4v) is 2.53. The Balaban J connectivity index is 2.01. The predicted molar refractivity (Wildman–Crippen MR) is 79.7 cm³/mol. The van der Waals surface area contributed by atoms with E-state index in [9.17, 15) is 9.59 Å². The minimum Gasteiger partial charge on any atom is -0.493 e. The summed E-state index contributed by atoms with van der Waals surface area (Å²) in [6.07, 6.45) is 0.116. The highest BCUT2D eigenvalue weighted by Gasteiger charge is 2.45. The average Bonchev–Trinajstić information content (AvgIpc) is 2.77. The first-order valence-corrected chi connectivity index (χ1v) is 7.08. The molecule has 1 fully saturated rings. The molecular weight excluding hydrogens is 286 g/mol. The Morgan fingerprint density at radius 2 is 2.00 bits per heavy atom. The number of carbonyl (C=O) groups is 2. The van der Waals surface area contributed by atoms with Crippen molar-refractivity contribution in [3.05, 3.63) is 23.8 Å². The third-order valence-electron chi connectivity index (χ3n) is 3.82. The van der Waals surface area contributed by atoms with Crippen molar-refractivity contribution in [1.29, 1.82) is 0 Å². The number of ether oxygens (including phenoxy) is 3. The Hall–Kier alpha value is -2.24. The maximum absolute atomic E-state index is 12.3. The molecule has 1 heterocycles. The quantitative estimate of drug-likeness (QED) is 0.838. The maximum atomic E-state index is 12.3. The van der Waals surface area contributed by atoms with Crippen LogP contribution < -0.4 is 14.8 Å². The second kappa shape index (κ2) is 6.25. The Labute approximate surface area is 129 Å². The number of carbonyl (C=O) groups excluding carboxylic acids is 2. The average molecular weight is 307 g/mol. The molecule has 2 rings (SSSR count). The first-order valence-electron chi connectivity index (χ1n) is 7.08. The van der Waals surface area contributed by atoms with Gasteiger partial charge in [0, 0.05) is 6.54 Å². The summed E-state index contributed by atoms with van der Waals surface area (Å²) in [6.45, 7) is 3.84. The van der Waals surface area contributed by atoms with Gasteiger partial charge in [-0.3, -0.25) is 9.59 Å². The Kier molecular flexibility index (Phi) is 4.59. The molecule has 0 spiro atoms. The Bertz CT molecular complexity index is 582. The summed E-state index contributed by atoms with van der Waals surface area (Å²) < 4.78 is 15.6. The van der Waals surface area contributed by atoms with E-state index in [2.05, 4.69) is 5.32 Å². The van der Waals surface area contributed by atoms with Gasteiger partial charge in [-0.05, 0) is 31.5 Å². The van der Waals surface area contributed by atoms with Crippen molar-refractivity contribution in [2.75, 3.05) is 14.2 Å². The Morgan fingerprint density at radius 1 is 1.32 bits per heavy atom. The van der Waals surface area contributed by atoms with Crippen LogP contribution in [0.2, 0.25) is 0 Å². The van der Waals surface area contributed by atoms with Crippen LogP contribution in [0.5, 0.6) is 11.5 Å². The summed E-state index contributed by atoms with van der Waals surface area (Å²) in [5, 5.41) is 2.84. The molecule has 0 saturated carbocycles. The number of hydrogen-bond donors (Lipinski definition) is 1. The molecule has 0 aromatic heterocycles. The van der Waals surface area contributed by atoms with Crippen LogP contribution in [0.1, 0.15) is 25.8 Å². The molecule has 22 heavy (non-hydrogen) atoms. The van der Waals surface area contributed by atoms with E-state index >= 15 is 0 Å². The molecule has 1 N–H and O–H groups in total. The zero-order valence-corrected chi connectivity index (χ0v) is 13.3. The van der Waals surface area contributed by atoms with E-state index in [1.807, 2.05) is 6.07 Å². The minimum atomic E-state index is -0.765. The molecule has 1 aliphatic heterocycles. The van der Waals surface area contributed by atoms with E-state index in [1.165, 1.54) is 0 Å². The van der Waals surface area contributed by atoms with Gasteiger partial charge in [0.25, 0.3) is 0 Å². The highest BCUT2D eigenvalue weighted by Crippen LogP contribution is 2.32. The van der Waals surface area contributed by atoms with E-state index < -0.39 is 11.5 Å². The number of amides is 1. The van der Waals surface area contributed by atoms with Crippen molar-refractivity contribution in [2.45, 2.75) is 32.4 Å². The van der Waals surface area contributed by atoms with E-state index in [-0.39, 0.29) is 18.3 Å². The number of methoxy groups -OCH3 is 2. The summed E-state index contributed by atoms with van der Waals surface area (Å²) in [4.78, 5) is 23.6. The molecule has 1 aromatic rings. The van der Waals surface area contributed by atoms with Crippen LogP contribution in [0, 0.1) is 5.92 Å². The number of esters is 1. The molecule has 0 unspecified atom stereocenters. The monoisotopic (exact) mass is 307 g/mol. The van der Waals surface area contributed by atoms with E-state index in [0.717, 1.165) is 5.56 Å². The third-order valence-corrected chi connectivity index (χ3v) is 3.82. The lowest BCUT2D eigenvalue weighted by molar-refractivity contribution is -0.147. The number of hydrogen-bond acceptors (Lipinski definition) is 5. The normalized spacial score (nSPS) is 19.5. The molecule has 1 saturated heterocycles. The number of rotatable bonds is 5. The summed E-state index contributed by atoms with van der Waals surface area (Å²) in [5.74, 6) is 0.240. The van der Waals surface area contributed by atoms with Crippen LogP contribution in [0.3, 0.4) is 0 Å². The van der Waals surface area contributed by atoms with Crippen molar-refractivity contribution < 1.29 is 23.8 Å². The van der Waals surface area contributed by atoms with Crippen LogP contribution in [-0.2, 0) is 20.9 Å². The minimum absolute atomic E-state index is 0.116. The molecule has 6 nitrogen and oxygen atoms in total. The molecule has 0 radical (unpaired) electrons. The molecule has 1 atom stereocenters. The van der Waals surface area contributed by atoms with Crippen molar-refractivity contribution in [2.24, 2.45) is 5.92 Å². The first-order chi connectivity index (χ1) is 10.4. The van der Waals surface area contributed by atoms with Crippen molar-refractivity contribution >= 4 is 11.9 Å². The summed E-state index contributed by atoms with van der Waals surface area (Å²) in [7, 11) is 3.13. The molecule has 6 heteroatoms. The van der Waals surface area contributed by atoms with Gasteiger partial charge in [-0.15, -0.1) is 0 Å². The SMILES string of the molecule is COc1ccc(CNC(=O)[C@@H]2CC(=O)OC2(C)C)cc1OC. The highest BCUT2D eigenvalue weighted by molar-refractivity contribution is 5.87. The fraction of sp³-hybridized carbons (Fsp3) is 0.500. The maximum Gasteiger partial charge on any atom is 0.307 e. The van der Waals surface area contributed by atoms with Crippen molar-refractivity contribution in [3.63, 3.8) is 0 Å². The lowest BCUT2D eigenvalue weighted by Crippen LogP contribution is -2.40. The molecule has 0 aliphatic carbocycles. The smallest absolute Gasteiger partial charge is 0.307 e. The lowest BCUT2D eigenvalue weighted by Gasteiger charge is -2.23. The third kappa shape index (κ3) is 3.32. The van der Waals surface area contributed by atoms with Crippen molar-refractivity contribution in [1.82, 2.24) is 5.32 Å².